The number of fused-ring (bicyclic) bond motifs is 1. The number of anilines is 1. The maximum absolute atomic E-state index is 13.2. The van der Waals surface area contributed by atoms with Crippen LogP contribution in [0.2, 0.25) is 0 Å². The van der Waals surface area contributed by atoms with E-state index < -0.39 is 0 Å². The van der Waals surface area contributed by atoms with Crippen molar-refractivity contribution in [3.8, 4) is 5.75 Å². The van der Waals surface area contributed by atoms with Gasteiger partial charge in [0.15, 0.2) is 5.78 Å². The molecule has 1 N–H and O–H groups in total. The predicted octanol–water partition coefficient (Wildman–Crippen LogP) is 3.76. The highest BCUT2D eigenvalue weighted by Gasteiger charge is 2.39. The van der Waals surface area contributed by atoms with Crippen LogP contribution in [0.25, 0.3) is 0 Å². The number of hydrogen-bond donors (Lipinski definition) is 1. The van der Waals surface area contributed by atoms with Gasteiger partial charge in [0.05, 0.1) is 7.11 Å². The molecular formula is C20H18N4O2S. The van der Waals surface area contributed by atoms with Crippen LogP contribution in [0.1, 0.15) is 35.2 Å². The first-order valence-electron chi connectivity index (χ1n) is 8.84. The highest BCUT2D eigenvalue weighted by Crippen LogP contribution is 2.44. The van der Waals surface area contributed by atoms with Crippen molar-refractivity contribution >= 4 is 23.1 Å². The van der Waals surface area contributed by atoms with Gasteiger partial charge in [0, 0.05) is 28.5 Å². The Kier molecular flexibility index (Phi) is 3.82. The number of nitrogens with zero attached hydrogens (tertiary/aromatic N) is 3. The molecule has 6 nitrogen and oxygen atoms in total. The Labute approximate surface area is 160 Å². The molecule has 0 radical (unpaired) electrons. The second-order valence-electron chi connectivity index (χ2n) is 6.76. The fourth-order valence-corrected chi connectivity index (χ4v) is 4.80. The van der Waals surface area contributed by atoms with Crippen LogP contribution in [-0.2, 0) is 4.79 Å². The molecule has 7 heteroatoms. The van der Waals surface area contributed by atoms with Crippen molar-refractivity contribution < 1.29 is 9.53 Å². The number of ether oxygens (including phenoxy) is 1. The summed E-state index contributed by atoms with van der Waals surface area (Å²) in [5, 5.41) is 9.79. The molecule has 1 aromatic carbocycles. The van der Waals surface area contributed by atoms with E-state index in [1.54, 1.807) is 23.1 Å². The molecule has 1 aliphatic heterocycles. The fourth-order valence-electron chi connectivity index (χ4n) is 3.97. The van der Waals surface area contributed by atoms with Crippen LogP contribution in [0.3, 0.4) is 0 Å². The van der Waals surface area contributed by atoms with Gasteiger partial charge < -0.3 is 10.1 Å². The lowest BCUT2D eigenvalue weighted by atomic mass is 9.80. The Hall–Kier alpha value is -2.93. The summed E-state index contributed by atoms with van der Waals surface area (Å²) in [7, 11) is 1.64. The number of ketones is 1. The number of nitrogens with one attached hydrogen (secondary N) is 1. The zero-order valence-corrected chi connectivity index (χ0v) is 15.6. The number of methoxy groups -OCH3 is 1. The molecule has 2 atom stereocenters. The van der Waals surface area contributed by atoms with Crippen LogP contribution in [0.5, 0.6) is 5.75 Å². The second-order valence-corrected chi connectivity index (χ2v) is 7.74. The third-order valence-electron chi connectivity index (χ3n) is 5.24. The lowest BCUT2D eigenvalue weighted by Crippen LogP contribution is -2.33. The van der Waals surface area contributed by atoms with Crippen molar-refractivity contribution in [2.75, 3.05) is 12.4 Å². The molecule has 2 aromatic heterocycles. The van der Waals surface area contributed by atoms with Gasteiger partial charge in [-0.25, -0.2) is 4.68 Å². The van der Waals surface area contributed by atoms with Crippen molar-refractivity contribution in [2.24, 2.45) is 0 Å². The molecule has 3 aromatic rings. The number of rotatable bonds is 3. The van der Waals surface area contributed by atoms with Gasteiger partial charge in [0.25, 0.3) is 0 Å². The fraction of sp³-hybridized carbons (Fsp3) is 0.250. The smallest absolute Gasteiger partial charge is 0.226 e. The molecule has 1 aliphatic carbocycles. The second kappa shape index (κ2) is 6.35. The molecule has 0 unspecified atom stereocenters. The molecule has 27 heavy (non-hydrogen) atoms. The number of hydrogen-bond acceptors (Lipinski definition) is 6. The number of carbonyl (C=O) groups excluding carboxylic acids is 1. The topological polar surface area (TPSA) is 69.0 Å². The van der Waals surface area contributed by atoms with Crippen molar-refractivity contribution in [1.29, 1.82) is 0 Å². The first kappa shape index (κ1) is 16.3. The molecule has 0 saturated carbocycles. The monoisotopic (exact) mass is 378 g/mol. The Bertz CT molecular complexity index is 1020. The standard InChI is InChI=1S/C20H18N4O2S/c1-26-14-6-4-12(5-7-14)19-18-15(23-20-21-11-22-24(19)20)9-13(10-16(18)25)17-3-2-8-27-17/h2-8,11,13,19H,9-10H2,1H3,(H,21,22,23)/t13-,19-/m0/s1. The molecule has 0 spiro atoms. The van der Waals surface area contributed by atoms with Gasteiger partial charge >= 0.3 is 0 Å². The first-order valence-corrected chi connectivity index (χ1v) is 9.72. The lowest BCUT2D eigenvalue weighted by molar-refractivity contribution is -0.116. The Balaban J connectivity index is 1.60. The number of carbonyl (C=O) groups is 1. The quantitative estimate of drug-likeness (QED) is 0.751. The van der Waals surface area contributed by atoms with E-state index in [0.29, 0.717) is 12.4 Å². The normalized spacial score (nSPS) is 21.4. The van der Waals surface area contributed by atoms with Gasteiger partial charge in [0.1, 0.15) is 18.1 Å². The van der Waals surface area contributed by atoms with Crippen LogP contribution >= 0.6 is 11.3 Å². The number of benzene rings is 1. The maximum atomic E-state index is 13.2. The van der Waals surface area contributed by atoms with Crippen molar-refractivity contribution in [3.63, 3.8) is 0 Å². The molecule has 5 rings (SSSR count). The first-order chi connectivity index (χ1) is 13.2. The van der Waals surface area contributed by atoms with Crippen LogP contribution in [0.15, 0.2) is 59.4 Å². The minimum Gasteiger partial charge on any atom is -0.497 e. The van der Waals surface area contributed by atoms with Crippen LogP contribution in [-0.4, -0.2) is 27.7 Å². The maximum Gasteiger partial charge on any atom is 0.226 e. The summed E-state index contributed by atoms with van der Waals surface area (Å²) >= 11 is 1.71. The van der Waals surface area contributed by atoms with E-state index in [1.807, 2.05) is 30.3 Å². The minimum atomic E-state index is -0.263. The largest absolute Gasteiger partial charge is 0.497 e. The zero-order chi connectivity index (χ0) is 18.4. The van der Waals surface area contributed by atoms with Crippen molar-refractivity contribution in [3.05, 3.63) is 69.8 Å². The van der Waals surface area contributed by atoms with Gasteiger partial charge in [0.2, 0.25) is 5.95 Å². The number of thiophene rings is 1. The third kappa shape index (κ3) is 2.66. The summed E-state index contributed by atoms with van der Waals surface area (Å²) in [5.41, 5.74) is 2.76. The number of Topliss-reactive ketones (excluding diaryl/α,β-unsaturated/α-hetero) is 1. The molecule has 3 heterocycles. The molecule has 0 fully saturated rings. The summed E-state index contributed by atoms with van der Waals surface area (Å²) < 4.78 is 7.06. The Morgan fingerprint density at radius 1 is 1.22 bits per heavy atom. The van der Waals surface area contributed by atoms with E-state index in [9.17, 15) is 4.79 Å². The van der Waals surface area contributed by atoms with Crippen molar-refractivity contribution in [2.45, 2.75) is 24.8 Å². The van der Waals surface area contributed by atoms with Crippen LogP contribution in [0.4, 0.5) is 5.95 Å². The average molecular weight is 378 g/mol. The van der Waals surface area contributed by atoms with E-state index in [0.717, 1.165) is 29.0 Å². The Morgan fingerprint density at radius 3 is 2.81 bits per heavy atom. The minimum absolute atomic E-state index is 0.170. The van der Waals surface area contributed by atoms with E-state index in [-0.39, 0.29) is 17.7 Å². The molecular weight excluding hydrogens is 360 g/mol. The summed E-state index contributed by atoms with van der Waals surface area (Å²) in [6.45, 7) is 0. The van der Waals surface area contributed by atoms with Gasteiger partial charge in [-0.1, -0.05) is 18.2 Å². The van der Waals surface area contributed by atoms with Crippen LogP contribution in [0, 0.1) is 0 Å². The summed E-state index contributed by atoms with van der Waals surface area (Å²) in [4.78, 5) is 18.8. The zero-order valence-electron chi connectivity index (χ0n) is 14.8. The Morgan fingerprint density at radius 2 is 2.07 bits per heavy atom. The molecule has 2 aliphatic rings. The predicted molar refractivity (Wildman–Crippen MR) is 103 cm³/mol. The van der Waals surface area contributed by atoms with E-state index >= 15 is 0 Å². The van der Waals surface area contributed by atoms with Crippen molar-refractivity contribution in [1.82, 2.24) is 14.8 Å². The molecule has 0 saturated heterocycles. The van der Waals surface area contributed by atoms with Crippen LogP contribution < -0.4 is 10.1 Å². The van der Waals surface area contributed by atoms with Gasteiger partial charge in [-0.2, -0.15) is 10.1 Å². The molecule has 136 valence electrons. The SMILES string of the molecule is COc1ccc([C@H]2C3=C(C[C@H](c4cccs4)CC3=O)Nc3ncnn32)cc1. The highest BCUT2D eigenvalue weighted by molar-refractivity contribution is 7.10. The van der Waals surface area contributed by atoms with E-state index in [4.69, 9.17) is 4.74 Å². The average Bonchev–Trinajstić information content (AvgIpc) is 3.38. The summed E-state index contributed by atoms with van der Waals surface area (Å²) in [6.07, 6.45) is 2.86. The van der Waals surface area contributed by atoms with Gasteiger partial charge in [-0.3, -0.25) is 4.79 Å². The number of aromatic nitrogens is 3. The van der Waals surface area contributed by atoms with Gasteiger partial charge in [-0.15, -0.1) is 11.3 Å². The summed E-state index contributed by atoms with van der Waals surface area (Å²) in [5.74, 6) is 1.85. The third-order valence-corrected chi connectivity index (χ3v) is 6.27. The molecule has 0 amide bonds. The van der Waals surface area contributed by atoms with E-state index in [2.05, 4.69) is 26.8 Å². The van der Waals surface area contributed by atoms with E-state index in [1.165, 1.54) is 11.2 Å². The lowest BCUT2D eigenvalue weighted by Gasteiger charge is -2.34. The molecule has 0 bridgehead atoms. The summed E-state index contributed by atoms with van der Waals surface area (Å²) in [6, 6.07) is 11.7. The number of allylic oxidation sites excluding steroid dienone is 2. The van der Waals surface area contributed by atoms with Gasteiger partial charge in [-0.05, 0) is 35.6 Å². The highest BCUT2D eigenvalue weighted by atomic mass is 32.1.